The maximum atomic E-state index is 11.3. The first-order valence-corrected chi connectivity index (χ1v) is 6.97. The number of alkyl carbamates (subject to hydrolysis) is 1. The Morgan fingerprint density at radius 3 is 2.76 bits per heavy atom. The fraction of sp³-hybridized carbons (Fsp3) is 0.294. The highest BCUT2D eigenvalue weighted by atomic mass is 16.5. The van der Waals surface area contributed by atoms with Crippen molar-refractivity contribution in [1.29, 1.82) is 0 Å². The topological polar surface area (TPSA) is 51.2 Å². The summed E-state index contributed by atoms with van der Waals surface area (Å²) in [5.41, 5.74) is 3.60. The van der Waals surface area contributed by atoms with Gasteiger partial charge in [-0.1, -0.05) is 30.3 Å². The van der Waals surface area contributed by atoms with Gasteiger partial charge < -0.3 is 10.1 Å². The van der Waals surface area contributed by atoms with E-state index in [2.05, 4.69) is 40.2 Å². The molecule has 2 rings (SSSR count). The molecule has 4 nitrogen and oxygen atoms in total. The lowest BCUT2D eigenvalue weighted by atomic mass is 9.89. The van der Waals surface area contributed by atoms with Crippen LogP contribution >= 0.6 is 0 Å². The molecule has 0 radical (unpaired) electrons. The number of ether oxygens (including phenoxy) is 1. The zero-order chi connectivity index (χ0) is 15.1. The highest BCUT2D eigenvalue weighted by Gasteiger charge is 2.16. The Bertz CT molecular complexity index is 584. The van der Waals surface area contributed by atoms with Gasteiger partial charge in [-0.25, -0.2) is 4.79 Å². The predicted molar refractivity (Wildman–Crippen MR) is 82.3 cm³/mol. The van der Waals surface area contributed by atoms with Gasteiger partial charge in [-0.15, -0.1) is 0 Å². The normalized spacial score (nSPS) is 11.7. The molecule has 110 valence electrons. The monoisotopic (exact) mass is 284 g/mol. The number of aryl methyl sites for hydroxylation is 1. The summed E-state index contributed by atoms with van der Waals surface area (Å²) in [5, 5.41) is 2.80. The lowest BCUT2D eigenvalue weighted by Crippen LogP contribution is -2.29. The number of nitrogens with zero attached hydrogens (tertiary/aromatic N) is 1. The van der Waals surface area contributed by atoms with Crippen LogP contribution in [0.1, 0.15) is 22.6 Å². The van der Waals surface area contributed by atoms with Crippen molar-refractivity contribution in [3.8, 4) is 0 Å². The van der Waals surface area contributed by atoms with Crippen molar-refractivity contribution in [3.05, 3.63) is 65.5 Å². The molecule has 0 aliphatic rings. The number of aromatic nitrogens is 1. The Morgan fingerprint density at radius 2 is 2.10 bits per heavy atom. The minimum absolute atomic E-state index is 0.189. The van der Waals surface area contributed by atoms with Crippen LogP contribution in [0.15, 0.2) is 48.8 Å². The van der Waals surface area contributed by atoms with Crippen molar-refractivity contribution in [2.24, 2.45) is 0 Å². The van der Waals surface area contributed by atoms with Crippen molar-refractivity contribution in [1.82, 2.24) is 10.3 Å². The molecule has 2 aromatic rings. The molecule has 4 heteroatoms. The van der Waals surface area contributed by atoms with E-state index < -0.39 is 6.09 Å². The number of rotatable bonds is 5. The number of methoxy groups -OCH3 is 1. The van der Waals surface area contributed by atoms with Gasteiger partial charge in [0.15, 0.2) is 0 Å². The van der Waals surface area contributed by atoms with E-state index in [-0.39, 0.29) is 5.92 Å². The molecule has 0 saturated heterocycles. The van der Waals surface area contributed by atoms with Gasteiger partial charge in [-0.2, -0.15) is 0 Å². The van der Waals surface area contributed by atoms with Gasteiger partial charge in [0.05, 0.1) is 7.11 Å². The van der Waals surface area contributed by atoms with Crippen LogP contribution in [0.3, 0.4) is 0 Å². The molecule has 0 saturated carbocycles. The summed E-state index contributed by atoms with van der Waals surface area (Å²) in [6, 6.07) is 12.2. The average Bonchev–Trinajstić information content (AvgIpc) is 2.52. The minimum Gasteiger partial charge on any atom is -0.453 e. The zero-order valence-electron chi connectivity index (χ0n) is 12.4. The smallest absolute Gasteiger partial charge is 0.406 e. The summed E-state index contributed by atoms with van der Waals surface area (Å²) >= 11 is 0. The Balaban J connectivity index is 2.18. The van der Waals surface area contributed by atoms with E-state index in [9.17, 15) is 4.79 Å². The molecule has 1 aromatic heterocycles. The molecule has 1 aromatic carbocycles. The van der Waals surface area contributed by atoms with E-state index in [1.165, 1.54) is 18.2 Å². The van der Waals surface area contributed by atoms with Gasteiger partial charge in [-0.3, -0.25) is 4.98 Å². The first kappa shape index (κ1) is 15.0. The van der Waals surface area contributed by atoms with Crippen molar-refractivity contribution in [2.45, 2.75) is 19.3 Å². The van der Waals surface area contributed by atoms with Crippen LogP contribution in [0.2, 0.25) is 0 Å². The first-order chi connectivity index (χ1) is 10.2. The number of nitrogens with one attached hydrogen (secondary N) is 1. The highest BCUT2D eigenvalue weighted by molar-refractivity contribution is 5.67. The average molecular weight is 284 g/mol. The second-order valence-electron chi connectivity index (χ2n) is 4.99. The highest BCUT2D eigenvalue weighted by Crippen LogP contribution is 2.23. The summed E-state index contributed by atoms with van der Waals surface area (Å²) in [6.07, 6.45) is 4.05. The van der Waals surface area contributed by atoms with Crippen LogP contribution in [-0.4, -0.2) is 24.7 Å². The van der Waals surface area contributed by atoms with Crippen LogP contribution in [0.25, 0.3) is 0 Å². The number of pyridine rings is 1. The molecular formula is C17H20N2O2. The van der Waals surface area contributed by atoms with Crippen molar-refractivity contribution < 1.29 is 9.53 Å². The number of benzene rings is 1. The van der Waals surface area contributed by atoms with E-state index >= 15 is 0 Å². The van der Waals surface area contributed by atoms with Crippen LogP contribution < -0.4 is 5.32 Å². The van der Waals surface area contributed by atoms with E-state index in [0.717, 1.165) is 12.0 Å². The molecule has 1 unspecified atom stereocenters. The molecule has 1 atom stereocenters. The number of hydrogen-bond donors (Lipinski definition) is 1. The van der Waals surface area contributed by atoms with Gasteiger partial charge in [0.2, 0.25) is 0 Å². The molecule has 0 fully saturated rings. The fourth-order valence-electron chi connectivity index (χ4n) is 2.42. The molecule has 0 spiro atoms. The Hall–Kier alpha value is -2.36. The minimum atomic E-state index is -0.403. The molecule has 0 bridgehead atoms. The van der Waals surface area contributed by atoms with Crippen LogP contribution in [0.4, 0.5) is 4.79 Å². The number of amides is 1. The summed E-state index contributed by atoms with van der Waals surface area (Å²) in [7, 11) is 1.37. The molecule has 0 aliphatic carbocycles. The maximum Gasteiger partial charge on any atom is 0.406 e. The third-order valence-corrected chi connectivity index (χ3v) is 3.51. The molecule has 21 heavy (non-hydrogen) atoms. The largest absolute Gasteiger partial charge is 0.453 e. The lowest BCUT2D eigenvalue weighted by molar-refractivity contribution is 0.170. The molecule has 0 aliphatic heterocycles. The lowest BCUT2D eigenvalue weighted by Gasteiger charge is -2.20. The summed E-state index contributed by atoms with van der Waals surface area (Å²) in [5.74, 6) is 0.189. The van der Waals surface area contributed by atoms with Gasteiger partial charge in [0, 0.05) is 24.9 Å². The summed E-state index contributed by atoms with van der Waals surface area (Å²) < 4.78 is 4.65. The number of hydrogen-bond acceptors (Lipinski definition) is 3. The third kappa shape index (κ3) is 4.31. The zero-order valence-corrected chi connectivity index (χ0v) is 12.4. The maximum absolute atomic E-state index is 11.3. The van der Waals surface area contributed by atoms with E-state index in [1.54, 1.807) is 6.20 Å². The molecule has 1 heterocycles. The summed E-state index contributed by atoms with van der Waals surface area (Å²) in [4.78, 5) is 15.5. The van der Waals surface area contributed by atoms with Crippen LogP contribution in [0, 0.1) is 6.92 Å². The van der Waals surface area contributed by atoms with E-state index in [4.69, 9.17) is 0 Å². The standard InChI is InChI=1S/C17H20N2O2/c1-13-6-3-4-8-16(13)15(12-19-17(20)21-2)10-14-7-5-9-18-11-14/h3-9,11,15H,10,12H2,1-2H3,(H,19,20). The number of carbonyl (C=O) groups is 1. The molecule has 1 amide bonds. The van der Waals surface area contributed by atoms with Crippen LogP contribution in [-0.2, 0) is 11.2 Å². The van der Waals surface area contributed by atoms with Gasteiger partial charge >= 0.3 is 6.09 Å². The van der Waals surface area contributed by atoms with E-state index in [1.807, 2.05) is 24.4 Å². The number of carbonyl (C=O) groups excluding carboxylic acids is 1. The summed E-state index contributed by atoms with van der Waals surface area (Å²) in [6.45, 7) is 2.62. The first-order valence-electron chi connectivity index (χ1n) is 6.97. The Kier molecular flexibility index (Phi) is 5.32. The quantitative estimate of drug-likeness (QED) is 0.918. The Labute approximate surface area is 125 Å². The van der Waals surface area contributed by atoms with E-state index in [0.29, 0.717) is 6.54 Å². The Morgan fingerprint density at radius 1 is 1.29 bits per heavy atom. The van der Waals surface area contributed by atoms with Gasteiger partial charge in [0.1, 0.15) is 0 Å². The van der Waals surface area contributed by atoms with Gasteiger partial charge in [0.25, 0.3) is 0 Å². The van der Waals surface area contributed by atoms with Gasteiger partial charge in [-0.05, 0) is 36.1 Å². The molecular weight excluding hydrogens is 264 g/mol. The molecule has 1 N–H and O–H groups in total. The second-order valence-corrected chi connectivity index (χ2v) is 4.99. The fourth-order valence-corrected chi connectivity index (χ4v) is 2.42. The third-order valence-electron chi connectivity index (χ3n) is 3.51. The predicted octanol–water partition coefficient (Wildman–Crippen LogP) is 3.07. The second kappa shape index (κ2) is 7.43. The van der Waals surface area contributed by atoms with Crippen molar-refractivity contribution in [2.75, 3.05) is 13.7 Å². The van der Waals surface area contributed by atoms with Crippen molar-refractivity contribution in [3.63, 3.8) is 0 Å². The SMILES string of the molecule is COC(=O)NCC(Cc1cccnc1)c1ccccc1C. The van der Waals surface area contributed by atoms with Crippen molar-refractivity contribution >= 4 is 6.09 Å². The van der Waals surface area contributed by atoms with Crippen LogP contribution in [0.5, 0.6) is 0 Å².